The van der Waals surface area contributed by atoms with E-state index < -0.39 is 0 Å². The van der Waals surface area contributed by atoms with Gasteiger partial charge in [0.05, 0.1) is 29.4 Å². The highest BCUT2D eigenvalue weighted by atomic mass is 16.5. The fraction of sp³-hybridized carbons (Fsp3) is 0.750. The van der Waals surface area contributed by atoms with Crippen molar-refractivity contribution in [1.82, 2.24) is 14.8 Å². The van der Waals surface area contributed by atoms with E-state index in [4.69, 9.17) is 9.72 Å². The van der Waals surface area contributed by atoms with Gasteiger partial charge in [-0.2, -0.15) is 4.98 Å². The lowest BCUT2D eigenvalue weighted by Crippen LogP contribution is -2.60. The van der Waals surface area contributed by atoms with Crippen molar-refractivity contribution in [2.45, 2.75) is 70.9 Å². The Bertz CT molecular complexity index is 795. The first-order valence-electron chi connectivity index (χ1n) is 12.0. The number of nitrogens with one attached hydrogen (secondary N) is 1. The second-order valence-corrected chi connectivity index (χ2v) is 10.0. The molecule has 1 aromatic heterocycles. The second kappa shape index (κ2) is 7.88. The van der Waals surface area contributed by atoms with E-state index in [1.165, 1.54) is 31.6 Å². The van der Waals surface area contributed by atoms with Crippen LogP contribution in [0.15, 0.2) is 12.1 Å². The van der Waals surface area contributed by atoms with Gasteiger partial charge in [-0.3, -0.25) is 9.28 Å². The quantitative estimate of drug-likeness (QED) is 0.774. The summed E-state index contributed by atoms with van der Waals surface area (Å²) in [7, 11) is 0. The predicted molar refractivity (Wildman–Crippen MR) is 120 cm³/mol. The van der Waals surface area contributed by atoms with E-state index in [1.807, 2.05) is 4.90 Å². The van der Waals surface area contributed by atoms with Crippen LogP contribution in [0.2, 0.25) is 0 Å². The number of carbonyl (C=O) groups is 1. The number of quaternary nitrogens is 1. The molecule has 1 spiro atoms. The molecule has 1 unspecified atom stereocenters. The average Bonchev–Trinajstić information content (AvgIpc) is 3.42. The minimum atomic E-state index is -0.214. The summed E-state index contributed by atoms with van der Waals surface area (Å²) < 4.78 is 6.58. The van der Waals surface area contributed by atoms with Gasteiger partial charge in [-0.25, -0.2) is 0 Å². The van der Waals surface area contributed by atoms with Crippen molar-refractivity contribution in [3.63, 3.8) is 0 Å². The Kier molecular flexibility index (Phi) is 5.36. The molecule has 0 bridgehead atoms. The summed E-state index contributed by atoms with van der Waals surface area (Å²) in [6.07, 6.45) is 7.56. The molecule has 4 fully saturated rings. The largest absolute Gasteiger partial charge is 0.381 e. The van der Waals surface area contributed by atoms with Crippen LogP contribution in [0.4, 0.5) is 11.5 Å². The molecule has 30 heavy (non-hydrogen) atoms. The fourth-order valence-electron chi connectivity index (χ4n) is 6.79. The maximum Gasteiger partial charge on any atom is 0.233 e. The zero-order valence-electron chi connectivity index (χ0n) is 18.7. The minimum Gasteiger partial charge on any atom is -0.381 e. The van der Waals surface area contributed by atoms with Crippen LogP contribution < -0.4 is 14.7 Å². The van der Waals surface area contributed by atoms with Crippen molar-refractivity contribution in [3.05, 3.63) is 17.8 Å². The molecule has 1 amide bonds. The molecule has 6 nitrogen and oxygen atoms in total. The molecule has 6 heteroatoms. The van der Waals surface area contributed by atoms with Gasteiger partial charge >= 0.3 is 0 Å². The maximum absolute atomic E-state index is 13.6. The smallest absolute Gasteiger partial charge is 0.233 e. The molecule has 164 valence electrons. The topological polar surface area (TPSA) is 54.5 Å². The Morgan fingerprint density at radius 3 is 2.70 bits per heavy atom. The molecular formula is C24H37N4O2+. The first-order valence-corrected chi connectivity index (χ1v) is 12.0. The van der Waals surface area contributed by atoms with Crippen LogP contribution in [-0.2, 0) is 9.53 Å². The second-order valence-electron chi connectivity index (χ2n) is 10.0. The van der Waals surface area contributed by atoms with E-state index in [0.29, 0.717) is 31.2 Å². The van der Waals surface area contributed by atoms with Gasteiger partial charge in [0, 0.05) is 58.2 Å². The molecule has 3 atom stereocenters. The molecule has 1 N–H and O–H groups in total. The zero-order valence-corrected chi connectivity index (χ0v) is 18.7. The zero-order chi connectivity index (χ0) is 20.8. The van der Waals surface area contributed by atoms with Gasteiger partial charge in [0.2, 0.25) is 11.7 Å². The molecule has 4 aliphatic heterocycles. The lowest BCUT2D eigenvalue weighted by Gasteiger charge is -2.44. The monoisotopic (exact) mass is 413 g/mol. The Morgan fingerprint density at radius 1 is 1.20 bits per heavy atom. The number of amides is 1. The van der Waals surface area contributed by atoms with E-state index in [0.717, 1.165) is 61.2 Å². The van der Waals surface area contributed by atoms with E-state index in [-0.39, 0.29) is 5.41 Å². The van der Waals surface area contributed by atoms with Gasteiger partial charge in [0.1, 0.15) is 6.04 Å². The van der Waals surface area contributed by atoms with Crippen molar-refractivity contribution >= 4 is 17.4 Å². The Morgan fingerprint density at radius 2 is 2.03 bits per heavy atom. The van der Waals surface area contributed by atoms with Crippen molar-refractivity contribution in [2.24, 2.45) is 5.41 Å². The molecule has 1 aromatic rings. The molecule has 0 saturated carbocycles. The highest BCUT2D eigenvalue weighted by molar-refractivity contribution is 5.99. The number of hydrogen-bond donors (Lipinski definition) is 1. The number of hydrogen-bond acceptors (Lipinski definition) is 4. The van der Waals surface area contributed by atoms with Crippen molar-refractivity contribution < 1.29 is 9.53 Å². The summed E-state index contributed by atoms with van der Waals surface area (Å²) in [4.78, 5) is 20.8. The number of likely N-dealkylation sites (tertiary alicyclic amines) is 1. The summed E-state index contributed by atoms with van der Waals surface area (Å²) in [6, 6.07) is 5.65. The maximum atomic E-state index is 13.6. The number of anilines is 1. The summed E-state index contributed by atoms with van der Waals surface area (Å²) in [5.74, 6) is 1.51. The van der Waals surface area contributed by atoms with E-state index in [9.17, 15) is 4.79 Å². The number of nitrogens with zero attached hydrogens (tertiary/aromatic N) is 3. The number of ether oxygens (including phenoxy) is 1. The minimum absolute atomic E-state index is 0.214. The standard InChI is InChI=1S/C24H37N4O2/c1-18-5-3-14-28(18,20-8-12-25-17-20)22-7-6-21(19(2)26-22)27-13-4-9-24(23(27)29)10-15-30-16-11-24/h6-7,18,20,25H,3-5,8-17H2,1-2H3/q+1/t18-,20+,28?/m0/s1. The number of rotatable bonds is 3. The SMILES string of the molecule is Cc1nc([N+]2([C@@H]3CCNC3)CCC[C@@H]2C)ccc1N1CCCC2(CCOCC2)C1=O. The lowest BCUT2D eigenvalue weighted by atomic mass is 9.73. The van der Waals surface area contributed by atoms with Gasteiger partial charge in [-0.15, -0.1) is 0 Å². The van der Waals surface area contributed by atoms with Crippen LogP contribution in [0, 0.1) is 12.3 Å². The average molecular weight is 414 g/mol. The third kappa shape index (κ3) is 3.10. The summed E-state index contributed by atoms with van der Waals surface area (Å²) in [5.41, 5.74) is 1.81. The Hall–Kier alpha value is -1.50. The third-order valence-corrected chi connectivity index (χ3v) is 8.57. The van der Waals surface area contributed by atoms with Gasteiger partial charge < -0.3 is 15.0 Å². The van der Waals surface area contributed by atoms with E-state index >= 15 is 0 Å². The fourth-order valence-corrected chi connectivity index (χ4v) is 6.79. The normalized spacial score (nSPS) is 34.1. The first-order chi connectivity index (χ1) is 14.6. The number of piperidine rings is 1. The molecule has 5 heterocycles. The van der Waals surface area contributed by atoms with Crippen molar-refractivity contribution in [2.75, 3.05) is 44.3 Å². The molecule has 4 aliphatic rings. The Labute approximate surface area is 180 Å². The predicted octanol–water partition coefficient (Wildman–Crippen LogP) is 3.17. The lowest BCUT2D eigenvalue weighted by molar-refractivity contribution is -0.136. The van der Waals surface area contributed by atoms with Crippen molar-refractivity contribution in [3.8, 4) is 0 Å². The van der Waals surface area contributed by atoms with Crippen LogP contribution >= 0.6 is 0 Å². The van der Waals surface area contributed by atoms with Crippen molar-refractivity contribution in [1.29, 1.82) is 0 Å². The van der Waals surface area contributed by atoms with Crippen LogP contribution in [-0.4, -0.2) is 62.4 Å². The summed E-state index contributed by atoms with van der Waals surface area (Å²) in [6.45, 7) is 10.1. The van der Waals surface area contributed by atoms with Gasteiger partial charge in [0.15, 0.2) is 0 Å². The van der Waals surface area contributed by atoms with E-state index in [2.05, 4.69) is 31.3 Å². The van der Waals surface area contributed by atoms with Crippen LogP contribution in [0.3, 0.4) is 0 Å². The highest BCUT2D eigenvalue weighted by Crippen LogP contribution is 2.43. The van der Waals surface area contributed by atoms with Gasteiger partial charge in [-0.1, -0.05) is 0 Å². The Balaban J connectivity index is 1.46. The third-order valence-electron chi connectivity index (χ3n) is 8.57. The molecule has 0 radical (unpaired) electrons. The van der Waals surface area contributed by atoms with E-state index in [1.54, 1.807) is 0 Å². The highest BCUT2D eigenvalue weighted by Gasteiger charge is 2.50. The summed E-state index contributed by atoms with van der Waals surface area (Å²) in [5, 5.41) is 3.57. The number of aromatic nitrogens is 1. The molecule has 4 saturated heterocycles. The first kappa shape index (κ1) is 20.4. The van der Waals surface area contributed by atoms with Crippen LogP contribution in [0.1, 0.15) is 57.6 Å². The van der Waals surface area contributed by atoms with Crippen LogP contribution in [0.25, 0.3) is 0 Å². The number of pyridine rings is 1. The van der Waals surface area contributed by atoms with Gasteiger partial charge in [-0.05, 0) is 45.6 Å². The van der Waals surface area contributed by atoms with Crippen LogP contribution in [0.5, 0.6) is 0 Å². The summed E-state index contributed by atoms with van der Waals surface area (Å²) >= 11 is 0. The number of aryl methyl sites for hydroxylation is 1. The van der Waals surface area contributed by atoms with Gasteiger partial charge in [0.25, 0.3) is 0 Å². The molecule has 5 rings (SSSR count). The number of carbonyl (C=O) groups excluding carboxylic acids is 1. The molecule has 0 aromatic carbocycles. The molecule has 0 aliphatic carbocycles. The molecular weight excluding hydrogens is 376 g/mol.